The number of benzene rings is 1. The van der Waals surface area contributed by atoms with Crippen LogP contribution in [0.15, 0.2) is 24.3 Å². The highest BCUT2D eigenvalue weighted by Crippen LogP contribution is 2.13. The van der Waals surface area contributed by atoms with Crippen molar-refractivity contribution >= 4 is 15.7 Å². The summed E-state index contributed by atoms with van der Waals surface area (Å²) in [4.78, 5) is 0. The van der Waals surface area contributed by atoms with Crippen molar-refractivity contribution in [1.82, 2.24) is 0 Å². The van der Waals surface area contributed by atoms with Crippen molar-refractivity contribution in [3.05, 3.63) is 29.8 Å². The highest BCUT2D eigenvalue weighted by atomic mass is 32.2. The molecule has 1 rings (SSSR count). The zero-order chi connectivity index (χ0) is 13.4. The van der Waals surface area contributed by atoms with Gasteiger partial charge in [0.25, 0.3) is 0 Å². The van der Waals surface area contributed by atoms with Gasteiger partial charge in [0.2, 0.25) is 10.0 Å². The van der Waals surface area contributed by atoms with Gasteiger partial charge in [-0.1, -0.05) is 12.1 Å². The van der Waals surface area contributed by atoms with Gasteiger partial charge >= 0.3 is 0 Å². The first-order valence-corrected chi connectivity index (χ1v) is 7.42. The summed E-state index contributed by atoms with van der Waals surface area (Å²) in [6.45, 7) is 0.457. The molecule has 0 unspecified atom stereocenters. The van der Waals surface area contributed by atoms with Crippen LogP contribution in [0, 0.1) is 0 Å². The summed E-state index contributed by atoms with van der Waals surface area (Å²) in [6, 6.07) is 7.09. The van der Waals surface area contributed by atoms with E-state index >= 15 is 0 Å². The number of hydrogen-bond donors (Lipinski definition) is 2. The van der Waals surface area contributed by atoms with Crippen molar-refractivity contribution < 1.29 is 18.3 Å². The molecule has 0 aliphatic carbocycles. The van der Waals surface area contributed by atoms with Crippen LogP contribution in [0.3, 0.4) is 0 Å². The molecule has 5 nitrogen and oxygen atoms in total. The number of methoxy groups -OCH3 is 1. The number of nitrogens with one attached hydrogen (secondary N) is 1. The summed E-state index contributed by atoms with van der Waals surface area (Å²) in [5, 5.41) is 8.62. The van der Waals surface area contributed by atoms with Gasteiger partial charge in [-0.25, -0.2) is 8.42 Å². The van der Waals surface area contributed by atoms with E-state index in [1.165, 1.54) is 0 Å². The van der Waals surface area contributed by atoms with E-state index in [1.54, 1.807) is 25.3 Å². The smallest absolute Gasteiger partial charge is 0.232 e. The van der Waals surface area contributed by atoms with Gasteiger partial charge in [0.05, 0.1) is 12.4 Å². The molecule has 1 aromatic rings. The fourth-order valence-corrected chi connectivity index (χ4v) is 2.70. The van der Waals surface area contributed by atoms with Crippen molar-refractivity contribution in [3.8, 4) is 0 Å². The highest BCUT2D eigenvalue weighted by molar-refractivity contribution is 7.92. The zero-order valence-electron chi connectivity index (χ0n) is 10.4. The van der Waals surface area contributed by atoms with E-state index in [9.17, 15) is 8.42 Å². The molecule has 102 valence electrons. The van der Waals surface area contributed by atoms with Gasteiger partial charge in [-0.05, 0) is 30.5 Å². The lowest BCUT2D eigenvalue weighted by molar-refractivity contribution is 0.185. The Morgan fingerprint density at radius 2 is 2.11 bits per heavy atom. The van der Waals surface area contributed by atoms with E-state index in [0.717, 1.165) is 5.56 Å². The normalized spacial score (nSPS) is 11.4. The number of sulfonamides is 1. The van der Waals surface area contributed by atoms with Gasteiger partial charge in [-0.3, -0.25) is 4.72 Å². The summed E-state index contributed by atoms with van der Waals surface area (Å²) >= 11 is 0. The minimum absolute atomic E-state index is 0.0127. The molecule has 0 bridgehead atoms. The van der Waals surface area contributed by atoms with Crippen molar-refractivity contribution in [3.63, 3.8) is 0 Å². The van der Waals surface area contributed by atoms with Crippen LogP contribution in [0.5, 0.6) is 0 Å². The number of ether oxygens (including phenoxy) is 1. The second-order valence-corrected chi connectivity index (χ2v) is 5.83. The Morgan fingerprint density at radius 1 is 1.33 bits per heavy atom. The van der Waals surface area contributed by atoms with Crippen LogP contribution in [0.25, 0.3) is 0 Å². The second kappa shape index (κ2) is 7.35. The topological polar surface area (TPSA) is 75.6 Å². The SMILES string of the molecule is COCc1cccc(NS(=O)(=O)CCCCO)c1. The average Bonchev–Trinajstić information content (AvgIpc) is 2.29. The van der Waals surface area contributed by atoms with Crippen LogP contribution < -0.4 is 4.72 Å². The Morgan fingerprint density at radius 3 is 2.78 bits per heavy atom. The Balaban J connectivity index is 2.62. The number of hydrogen-bond acceptors (Lipinski definition) is 4. The van der Waals surface area contributed by atoms with Gasteiger partial charge in [-0.2, -0.15) is 0 Å². The summed E-state index contributed by atoms with van der Waals surface area (Å²) in [6.07, 6.45) is 0.939. The molecule has 1 aromatic carbocycles. The lowest BCUT2D eigenvalue weighted by Crippen LogP contribution is -2.17. The quantitative estimate of drug-likeness (QED) is 0.701. The Bertz CT molecular complexity index is 459. The monoisotopic (exact) mass is 273 g/mol. The summed E-state index contributed by atoms with van der Waals surface area (Å²) < 4.78 is 30.9. The Hall–Kier alpha value is -1.11. The lowest BCUT2D eigenvalue weighted by atomic mass is 10.2. The molecule has 0 spiro atoms. The summed E-state index contributed by atoms with van der Waals surface area (Å²) in [5.41, 5.74) is 1.45. The molecular weight excluding hydrogens is 254 g/mol. The third-order valence-corrected chi connectivity index (χ3v) is 3.71. The molecule has 0 saturated heterocycles. The molecule has 6 heteroatoms. The molecule has 0 fully saturated rings. The van der Waals surface area contributed by atoms with Crippen LogP contribution in [-0.4, -0.2) is 33.0 Å². The Kier molecular flexibility index (Phi) is 6.11. The van der Waals surface area contributed by atoms with Crippen molar-refractivity contribution in [2.45, 2.75) is 19.4 Å². The number of aliphatic hydroxyl groups is 1. The molecular formula is C12H19NO4S. The number of rotatable bonds is 8. The first kappa shape index (κ1) is 14.9. The van der Waals surface area contributed by atoms with E-state index in [4.69, 9.17) is 9.84 Å². The van der Waals surface area contributed by atoms with Crippen LogP contribution in [-0.2, 0) is 21.4 Å². The fourth-order valence-electron chi connectivity index (χ4n) is 1.53. The molecule has 0 atom stereocenters. The summed E-state index contributed by atoms with van der Waals surface area (Å²) in [7, 11) is -1.75. The minimum Gasteiger partial charge on any atom is -0.396 e. The van der Waals surface area contributed by atoms with Gasteiger partial charge in [-0.15, -0.1) is 0 Å². The van der Waals surface area contributed by atoms with E-state index < -0.39 is 10.0 Å². The maximum absolute atomic E-state index is 11.7. The maximum atomic E-state index is 11.7. The Labute approximate surface area is 108 Å². The van der Waals surface area contributed by atoms with Gasteiger partial charge in [0.15, 0.2) is 0 Å². The van der Waals surface area contributed by atoms with Gasteiger partial charge in [0.1, 0.15) is 0 Å². The van der Waals surface area contributed by atoms with Crippen molar-refractivity contribution in [1.29, 1.82) is 0 Å². The van der Waals surface area contributed by atoms with Gasteiger partial charge in [0, 0.05) is 19.4 Å². The second-order valence-electron chi connectivity index (χ2n) is 3.99. The van der Waals surface area contributed by atoms with E-state index in [2.05, 4.69) is 4.72 Å². The van der Waals surface area contributed by atoms with Gasteiger partial charge < -0.3 is 9.84 Å². The van der Waals surface area contributed by atoms with Crippen LogP contribution in [0.2, 0.25) is 0 Å². The molecule has 0 aromatic heterocycles. The van der Waals surface area contributed by atoms with E-state index in [-0.39, 0.29) is 12.4 Å². The third-order valence-electron chi connectivity index (χ3n) is 2.33. The average molecular weight is 273 g/mol. The first-order chi connectivity index (χ1) is 8.57. The molecule has 0 saturated carbocycles. The molecule has 0 radical (unpaired) electrons. The molecule has 18 heavy (non-hydrogen) atoms. The molecule has 0 amide bonds. The lowest BCUT2D eigenvalue weighted by Gasteiger charge is -2.09. The van der Waals surface area contributed by atoms with E-state index in [0.29, 0.717) is 25.1 Å². The van der Waals surface area contributed by atoms with Crippen molar-refractivity contribution in [2.24, 2.45) is 0 Å². The predicted molar refractivity (Wildman–Crippen MR) is 70.9 cm³/mol. The zero-order valence-corrected chi connectivity index (χ0v) is 11.2. The molecule has 0 aliphatic rings. The largest absolute Gasteiger partial charge is 0.396 e. The summed E-state index contributed by atoms with van der Waals surface area (Å²) in [5.74, 6) is 0.0159. The first-order valence-electron chi connectivity index (χ1n) is 5.76. The van der Waals surface area contributed by atoms with Crippen LogP contribution in [0.4, 0.5) is 5.69 Å². The van der Waals surface area contributed by atoms with Crippen LogP contribution in [0.1, 0.15) is 18.4 Å². The van der Waals surface area contributed by atoms with Crippen molar-refractivity contribution in [2.75, 3.05) is 24.2 Å². The number of unbranched alkanes of at least 4 members (excludes halogenated alkanes) is 1. The molecule has 0 aliphatic heterocycles. The third kappa shape index (κ3) is 5.48. The molecule has 0 heterocycles. The number of anilines is 1. The van der Waals surface area contributed by atoms with E-state index in [1.807, 2.05) is 6.07 Å². The highest BCUT2D eigenvalue weighted by Gasteiger charge is 2.09. The fraction of sp³-hybridized carbons (Fsp3) is 0.500. The number of aliphatic hydroxyl groups excluding tert-OH is 1. The van der Waals surface area contributed by atoms with Crippen LogP contribution >= 0.6 is 0 Å². The predicted octanol–water partition coefficient (Wildman–Crippen LogP) is 1.35. The maximum Gasteiger partial charge on any atom is 0.232 e. The standard InChI is InChI=1S/C12H19NO4S/c1-17-10-11-5-4-6-12(9-11)13-18(15,16)8-3-2-7-14/h4-6,9,13-14H,2-3,7-8,10H2,1H3. The molecule has 2 N–H and O–H groups in total. The minimum atomic E-state index is -3.34.